The van der Waals surface area contributed by atoms with E-state index < -0.39 is 0 Å². The van der Waals surface area contributed by atoms with Gasteiger partial charge in [0.2, 0.25) is 5.91 Å². The fourth-order valence-electron chi connectivity index (χ4n) is 2.49. The van der Waals surface area contributed by atoms with Crippen molar-refractivity contribution in [2.45, 2.75) is 12.1 Å². The number of likely N-dealkylation sites (tertiary alicyclic amines) is 1. The van der Waals surface area contributed by atoms with Crippen LogP contribution in [0.5, 0.6) is 0 Å². The Kier molecular flexibility index (Phi) is 2.90. The standard InChI is InChI=1S/C12H14N4O3/c1-15-9-5-16(6-10(9)19-7-11(15)17)12(18)8-4-13-2-3-14-8/h2-4,9-10H,5-7H2,1H3/t9-,10+/m1/s1. The largest absolute Gasteiger partial charge is 0.364 e. The molecule has 0 spiro atoms. The maximum Gasteiger partial charge on any atom is 0.274 e. The molecule has 2 aliphatic heterocycles. The lowest BCUT2D eigenvalue weighted by molar-refractivity contribution is -0.150. The summed E-state index contributed by atoms with van der Waals surface area (Å²) in [6, 6.07) is -0.0677. The molecule has 2 amide bonds. The molecule has 1 aromatic rings. The van der Waals surface area contributed by atoms with Crippen LogP contribution in [0.1, 0.15) is 10.5 Å². The Morgan fingerprint density at radius 2 is 2.26 bits per heavy atom. The lowest BCUT2D eigenvalue weighted by atomic mass is 10.1. The monoisotopic (exact) mass is 262 g/mol. The zero-order chi connectivity index (χ0) is 13.4. The Hall–Kier alpha value is -2.02. The van der Waals surface area contributed by atoms with Crippen LogP contribution < -0.4 is 0 Å². The molecule has 0 radical (unpaired) electrons. The first-order valence-corrected chi connectivity index (χ1v) is 6.09. The third-order valence-electron chi connectivity index (χ3n) is 3.62. The number of fused-ring (bicyclic) bond motifs is 1. The molecule has 0 saturated carbocycles. The Labute approximate surface area is 110 Å². The van der Waals surface area contributed by atoms with E-state index in [1.807, 2.05) is 0 Å². The molecule has 7 heteroatoms. The molecule has 100 valence electrons. The molecular weight excluding hydrogens is 248 g/mol. The maximum atomic E-state index is 12.2. The molecule has 3 rings (SSSR count). The number of hydrogen-bond acceptors (Lipinski definition) is 5. The topological polar surface area (TPSA) is 75.6 Å². The van der Waals surface area contributed by atoms with E-state index in [0.717, 1.165) is 0 Å². The molecule has 0 aromatic carbocycles. The summed E-state index contributed by atoms with van der Waals surface area (Å²) < 4.78 is 5.48. The quantitative estimate of drug-likeness (QED) is 0.659. The van der Waals surface area contributed by atoms with Crippen LogP contribution in [0.4, 0.5) is 0 Å². The number of aromatic nitrogens is 2. The SMILES string of the molecule is CN1C(=O)CO[C@H]2CN(C(=O)c3cnccn3)C[C@H]21. The van der Waals surface area contributed by atoms with Crippen LogP contribution in [-0.2, 0) is 9.53 Å². The van der Waals surface area contributed by atoms with Crippen LogP contribution in [0.25, 0.3) is 0 Å². The van der Waals surface area contributed by atoms with E-state index in [4.69, 9.17) is 4.74 Å². The minimum absolute atomic E-state index is 0.0462. The number of nitrogens with zero attached hydrogens (tertiary/aromatic N) is 4. The molecule has 2 fully saturated rings. The molecule has 2 aliphatic rings. The molecule has 19 heavy (non-hydrogen) atoms. The second-order valence-electron chi connectivity index (χ2n) is 4.72. The summed E-state index contributed by atoms with van der Waals surface area (Å²) in [5.41, 5.74) is 0.315. The van der Waals surface area contributed by atoms with E-state index in [0.29, 0.717) is 18.8 Å². The number of rotatable bonds is 1. The third-order valence-corrected chi connectivity index (χ3v) is 3.62. The minimum atomic E-state index is -0.174. The van der Waals surface area contributed by atoms with E-state index in [9.17, 15) is 9.59 Å². The first-order chi connectivity index (χ1) is 9.16. The average molecular weight is 262 g/mol. The lowest BCUT2D eigenvalue weighted by Gasteiger charge is -2.33. The van der Waals surface area contributed by atoms with Gasteiger partial charge in [-0.2, -0.15) is 0 Å². The zero-order valence-electron chi connectivity index (χ0n) is 10.5. The molecule has 1 aromatic heterocycles. The van der Waals surface area contributed by atoms with Crippen molar-refractivity contribution in [2.24, 2.45) is 0 Å². The van der Waals surface area contributed by atoms with Gasteiger partial charge in [0.15, 0.2) is 0 Å². The van der Waals surface area contributed by atoms with E-state index in [-0.39, 0.29) is 30.6 Å². The number of hydrogen-bond donors (Lipinski definition) is 0. The highest BCUT2D eigenvalue weighted by atomic mass is 16.5. The number of carbonyl (C=O) groups is 2. The fourth-order valence-corrected chi connectivity index (χ4v) is 2.49. The second-order valence-corrected chi connectivity index (χ2v) is 4.72. The molecule has 0 bridgehead atoms. The highest BCUT2D eigenvalue weighted by molar-refractivity contribution is 5.92. The Bertz CT molecular complexity index is 507. The normalized spacial score (nSPS) is 26.5. The first-order valence-electron chi connectivity index (χ1n) is 6.09. The van der Waals surface area contributed by atoms with Crippen LogP contribution in [0.15, 0.2) is 18.6 Å². The van der Waals surface area contributed by atoms with Crippen molar-refractivity contribution < 1.29 is 14.3 Å². The Morgan fingerprint density at radius 1 is 1.42 bits per heavy atom. The van der Waals surface area contributed by atoms with Gasteiger partial charge in [-0.1, -0.05) is 0 Å². The van der Waals surface area contributed by atoms with Gasteiger partial charge in [-0.15, -0.1) is 0 Å². The van der Waals surface area contributed by atoms with Gasteiger partial charge in [0.05, 0.1) is 18.3 Å². The van der Waals surface area contributed by atoms with Crippen LogP contribution in [-0.4, -0.2) is 70.5 Å². The highest BCUT2D eigenvalue weighted by Gasteiger charge is 2.43. The van der Waals surface area contributed by atoms with Crippen LogP contribution in [0.2, 0.25) is 0 Å². The summed E-state index contributed by atoms with van der Waals surface area (Å²) in [5.74, 6) is -0.220. The predicted molar refractivity (Wildman–Crippen MR) is 64.2 cm³/mol. The number of carbonyl (C=O) groups excluding carboxylic acids is 2. The van der Waals surface area contributed by atoms with Crippen molar-refractivity contribution in [3.63, 3.8) is 0 Å². The van der Waals surface area contributed by atoms with Gasteiger partial charge in [0, 0.05) is 32.5 Å². The van der Waals surface area contributed by atoms with Crippen LogP contribution >= 0.6 is 0 Å². The van der Waals surface area contributed by atoms with Crippen LogP contribution in [0, 0.1) is 0 Å². The second kappa shape index (κ2) is 4.58. The number of likely N-dealkylation sites (N-methyl/N-ethyl adjacent to an activating group) is 1. The predicted octanol–water partition coefficient (Wildman–Crippen LogP) is -0.842. The van der Waals surface area contributed by atoms with Gasteiger partial charge in [-0.25, -0.2) is 4.98 Å². The van der Waals surface area contributed by atoms with Gasteiger partial charge >= 0.3 is 0 Å². The van der Waals surface area contributed by atoms with Gasteiger partial charge in [0.1, 0.15) is 12.3 Å². The van der Waals surface area contributed by atoms with Crippen molar-refractivity contribution >= 4 is 11.8 Å². The number of morpholine rings is 1. The summed E-state index contributed by atoms with van der Waals surface area (Å²) in [5, 5.41) is 0. The zero-order valence-corrected chi connectivity index (χ0v) is 10.5. The summed E-state index contributed by atoms with van der Waals surface area (Å²) in [7, 11) is 1.75. The maximum absolute atomic E-state index is 12.2. The van der Waals surface area contributed by atoms with Crippen molar-refractivity contribution in [1.29, 1.82) is 0 Å². The first kappa shape index (κ1) is 12.0. The van der Waals surface area contributed by atoms with Crippen LogP contribution in [0.3, 0.4) is 0 Å². The molecule has 0 unspecified atom stereocenters. The van der Waals surface area contributed by atoms with E-state index in [1.165, 1.54) is 18.6 Å². The minimum Gasteiger partial charge on any atom is -0.364 e. The van der Waals surface area contributed by atoms with Gasteiger partial charge in [0.25, 0.3) is 5.91 Å². The Balaban J connectivity index is 1.75. The van der Waals surface area contributed by atoms with Crippen molar-refractivity contribution in [3.05, 3.63) is 24.3 Å². The molecule has 0 N–H and O–H groups in total. The number of amides is 2. The summed E-state index contributed by atoms with van der Waals surface area (Å²) >= 11 is 0. The highest BCUT2D eigenvalue weighted by Crippen LogP contribution is 2.23. The Morgan fingerprint density at radius 3 is 3.00 bits per heavy atom. The van der Waals surface area contributed by atoms with E-state index in [2.05, 4.69) is 9.97 Å². The van der Waals surface area contributed by atoms with E-state index >= 15 is 0 Å². The van der Waals surface area contributed by atoms with Gasteiger partial charge in [-0.3, -0.25) is 14.6 Å². The van der Waals surface area contributed by atoms with Gasteiger partial charge in [-0.05, 0) is 0 Å². The molecule has 0 aliphatic carbocycles. The lowest BCUT2D eigenvalue weighted by Crippen LogP contribution is -2.51. The molecular formula is C12H14N4O3. The smallest absolute Gasteiger partial charge is 0.274 e. The van der Waals surface area contributed by atoms with Crippen molar-refractivity contribution in [1.82, 2.24) is 19.8 Å². The average Bonchev–Trinajstić information content (AvgIpc) is 2.88. The van der Waals surface area contributed by atoms with Crippen molar-refractivity contribution in [3.8, 4) is 0 Å². The van der Waals surface area contributed by atoms with Crippen molar-refractivity contribution in [2.75, 3.05) is 26.7 Å². The van der Waals surface area contributed by atoms with Gasteiger partial charge < -0.3 is 14.5 Å². The summed E-state index contributed by atoms with van der Waals surface area (Å²) in [4.78, 5) is 35.0. The fraction of sp³-hybridized carbons (Fsp3) is 0.500. The molecule has 2 atom stereocenters. The molecule has 2 saturated heterocycles. The summed E-state index contributed by atoms with van der Waals surface area (Å²) in [6.45, 7) is 1.05. The summed E-state index contributed by atoms with van der Waals surface area (Å²) in [6.07, 6.45) is 4.35. The molecule has 3 heterocycles. The number of ether oxygens (including phenoxy) is 1. The molecule has 7 nitrogen and oxygen atoms in total. The third kappa shape index (κ3) is 2.06. The van der Waals surface area contributed by atoms with E-state index in [1.54, 1.807) is 16.8 Å².